The van der Waals surface area contributed by atoms with Crippen molar-refractivity contribution in [2.75, 3.05) is 0 Å². The number of rotatable bonds is 7. The highest BCUT2D eigenvalue weighted by Gasteiger charge is 2.40. The molecule has 0 saturated carbocycles. The van der Waals surface area contributed by atoms with Crippen LogP contribution in [0.1, 0.15) is 24.5 Å². The molecule has 4 aromatic carbocycles. The van der Waals surface area contributed by atoms with E-state index in [0.29, 0.717) is 17.7 Å². The van der Waals surface area contributed by atoms with Gasteiger partial charge in [0.25, 0.3) is 0 Å². The van der Waals surface area contributed by atoms with E-state index in [2.05, 4.69) is 4.74 Å². The minimum Gasteiger partial charge on any atom is -0.429 e. The van der Waals surface area contributed by atoms with Crippen LogP contribution in [0, 0.1) is 40.7 Å². The van der Waals surface area contributed by atoms with Gasteiger partial charge in [0, 0.05) is 28.8 Å². The summed E-state index contributed by atoms with van der Waals surface area (Å²) in [5, 5.41) is 0. The first-order valence-corrected chi connectivity index (χ1v) is 11.2. The van der Waals surface area contributed by atoms with Crippen LogP contribution in [0.5, 0.6) is 5.75 Å². The zero-order chi connectivity index (χ0) is 27.8. The van der Waals surface area contributed by atoms with E-state index in [4.69, 9.17) is 0 Å². The first-order chi connectivity index (χ1) is 17.9. The molecule has 0 aliphatic carbocycles. The number of halogens is 9. The second-order valence-electron chi connectivity index (χ2n) is 8.34. The molecule has 0 saturated heterocycles. The highest BCUT2D eigenvalue weighted by atomic mass is 19.3. The lowest BCUT2D eigenvalue weighted by atomic mass is 9.96. The van der Waals surface area contributed by atoms with Crippen LogP contribution in [0.4, 0.5) is 39.5 Å². The van der Waals surface area contributed by atoms with Gasteiger partial charge in [-0.05, 0) is 23.6 Å². The Morgan fingerprint density at radius 3 is 1.68 bits per heavy atom. The molecule has 0 fully saturated rings. The fourth-order valence-corrected chi connectivity index (χ4v) is 3.90. The summed E-state index contributed by atoms with van der Waals surface area (Å²) in [7, 11) is 0. The molecule has 0 atom stereocenters. The molecular formula is C28H17F9O. The Kier molecular flexibility index (Phi) is 7.44. The second-order valence-corrected chi connectivity index (χ2v) is 8.34. The van der Waals surface area contributed by atoms with Crippen LogP contribution < -0.4 is 4.74 Å². The summed E-state index contributed by atoms with van der Waals surface area (Å²) in [4.78, 5) is 0. The summed E-state index contributed by atoms with van der Waals surface area (Å²) >= 11 is 0. The van der Waals surface area contributed by atoms with Crippen molar-refractivity contribution in [3.8, 4) is 28.0 Å². The molecule has 0 bridgehead atoms. The number of hydrogen-bond acceptors (Lipinski definition) is 1. The molecule has 0 aliphatic rings. The van der Waals surface area contributed by atoms with Crippen LogP contribution in [-0.2, 0) is 12.5 Å². The SMILES string of the molecule is CCCc1ccc(-c2ccc(-c3ccc(C(F)(F)Oc4cc(F)c(F)c(F)c4)c(F)c3F)c(F)c2F)cc1. The van der Waals surface area contributed by atoms with E-state index in [1.807, 2.05) is 6.92 Å². The normalized spacial score (nSPS) is 11.6. The third-order valence-electron chi connectivity index (χ3n) is 5.78. The maximum atomic E-state index is 14.9. The predicted molar refractivity (Wildman–Crippen MR) is 122 cm³/mol. The van der Waals surface area contributed by atoms with Gasteiger partial charge in [-0.25, -0.2) is 30.7 Å². The molecule has 0 aromatic heterocycles. The van der Waals surface area contributed by atoms with Gasteiger partial charge in [0.2, 0.25) is 0 Å². The lowest BCUT2D eigenvalue weighted by molar-refractivity contribution is -0.187. The Balaban J connectivity index is 1.68. The molecule has 198 valence electrons. The predicted octanol–water partition coefficient (Wildman–Crippen LogP) is 9.08. The molecule has 0 spiro atoms. The monoisotopic (exact) mass is 540 g/mol. The summed E-state index contributed by atoms with van der Waals surface area (Å²) in [6.45, 7) is 1.98. The van der Waals surface area contributed by atoms with Gasteiger partial charge in [-0.15, -0.1) is 0 Å². The van der Waals surface area contributed by atoms with Crippen molar-refractivity contribution < 1.29 is 44.3 Å². The second kappa shape index (κ2) is 10.4. The molecule has 0 N–H and O–H groups in total. The maximum Gasteiger partial charge on any atom is 0.429 e. The molecule has 1 nitrogen and oxygen atoms in total. The van der Waals surface area contributed by atoms with Crippen LogP contribution in [-0.4, -0.2) is 0 Å². The van der Waals surface area contributed by atoms with Crippen LogP contribution >= 0.6 is 0 Å². The molecule has 0 amide bonds. The Bertz CT molecular complexity index is 1470. The van der Waals surface area contributed by atoms with Gasteiger partial charge >= 0.3 is 6.11 Å². The Hall–Kier alpha value is -3.95. The van der Waals surface area contributed by atoms with E-state index in [0.717, 1.165) is 30.5 Å². The largest absolute Gasteiger partial charge is 0.429 e. The fraction of sp³-hybridized carbons (Fsp3) is 0.143. The van der Waals surface area contributed by atoms with Gasteiger partial charge in [0.1, 0.15) is 11.3 Å². The number of ether oxygens (including phenoxy) is 1. The molecule has 38 heavy (non-hydrogen) atoms. The first kappa shape index (κ1) is 27.1. The van der Waals surface area contributed by atoms with E-state index in [1.165, 1.54) is 0 Å². The Morgan fingerprint density at radius 1 is 0.605 bits per heavy atom. The Labute approximate surface area is 211 Å². The summed E-state index contributed by atoms with van der Waals surface area (Å²) in [5.41, 5.74) is -2.12. The molecule has 0 radical (unpaired) electrons. The van der Waals surface area contributed by atoms with Crippen LogP contribution in [0.2, 0.25) is 0 Å². The van der Waals surface area contributed by atoms with E-state index in [1.54, 1.807) is 24.3 Å². The topological polar surface area (TPSA) is 9.23 Å². The van der Waals surface area contributed by atoms with Crippen LogP contribution in [0.25, 0.3) is 22.3 Å². The lowest BCUT2D eigenvalue weighted by Gasteiger charge is -2.20. The molecular weight excluding hydrogens is 523 g/mol. The zero-order valence-corrected chi connectivity index (χ0v) is 19.5. The van der Waals surface area contributed by atoms with Crippen molar-refractivity contribution in [3.05, 3.63) is 113 Å². The van der Waals surface area contributed by atoms with Gasteiger partial charge in [-0.2, -0.15) is 8.78 Å². The van der Waals surface area contributed by atoms with Crippen molar-refractivity contribution in [2.24, 2.45) is 0 Å². The number of hydrogen-bond donors (Lipinski definition) is 0. The standard InChI is InChI=1S/C28H17F9O/c1-2-3-14-4-6-15(7-5-14)17-8-9-18(24(32)23(17)31)19-10-11-20(26(34)25(19)33)28(36,37)38-16-12-21(29)27(35)22(30)13-16/h4-13H,2-3H2,1H3. The summed E-state index contributed by atoms with van der Waals surface area (Å²) < 4.78 is 132. The minimum atomic E-state index is -4.68. The van der Waals surface area contributed by atoms with E-state index >= 15 is 0 Å². The van der Waals surface area contributed by atoms with Gasteiger partial charge in [0.15, 0.2) is 40.7 Å². The number of aryl methyl sites for hydroxylation is 1. The van der Waals surface area contributed by atoms with Gasteiger partial charge < -0.3 is 4.74 Å². The summed E-state index contributed by atoms with van der Waals surface area (Å²) in [6.07, 6.45) is -3.00. The first-order valence-electron chi connectivity index (χ1n) is 11.2. The Morgan fingerprint density at radius 2 is 1.11 bits per heavy atom. The van der Waals surface area contributed by atoms with Crippen LogP contribution in [0.15, 0.2) is 60.7 Å². The van der Waals surface area contributed by atoms with Crippen molar-refractivity contribution in [2.45, 2.75) is 25.9 Å². The van der Waals surface area contributed by atoms with Gasteiger partial charge in [-0.1, -0.05) is 55.8 Å². The van der Waals surface area contributed by atoms with Crippen molar-refractivity contribution in [1.82, 2.24) is 0 Å². The molecule has 0 aliphatic heterocycles. The third-order valence-corrected chi connectivity index (χ3v) is 5.78. The van der Waals surface area contributed by atoms with Crippen molar-refractivity contribution in [3.63, 3.8) is 0 Å². The molecule has 0 heterocycles. The summed E-state index contributed by atoms with van der Waals surface area (Å²) in [5.74, 6) is -13.9. The van der Waals surface area contributed by atoms with Crippen molar-refractivity contribution >= 4 is 0 Å². The maximum absolute atomic E-state index is 14.9. The number of alkyl halides is 2. The third kappa shape index (κ3) is 5.07. The zero-order valence-electron chi connectivity index (χ0n) is 19.5. The highest BCUT2D eigenvalue weighted by Crippen LogP contribution is 2.39. The van der Waals surface area contributed by atoms with Crippen molar-refractivity contribution in [1.29, 1.82) is 0 Å². The average Bonchev–Trinajstić information content (AvgIpc) is 2.86. The molecule has 10 heteroatoms. The van der Waals surface area contributed by atoms with E-state index in [-0.39, 0.29) is 17.7 Å². The smallest absolute Gasteiger partial charge is 0.429 e. The van der Waals surface area contributed by atoms with Crippen LogP contribution in [0.3, 0.4) is 0 Å². The van der Waals surface area contributed by atoms with E-state index in [9.17, 15) is 39.5 Å². The molecule has 4 rings (SSSR count). The fourth-order valence-electron chi connectivity index (χ4n) is 3.90. The number of benzene rings is 4. The molecule has 4 aromatic rings. The molecule has 0 unspecified atom stereocenters. The van der Waals surface area contributed by atoms with E-state index < -0.39 is 69.3 Å². The summed E-state index contributed by atoms with van der Waals surface area (Å²) in [6, 6.07) is 9.88. The van der Waals surface area contributed by atoms with Gasteiger partial charge in [-0.3, -0.25) is 0 Å². The highest BCUT2D eigenvalue weighted by molar-refractivity contribution is 5.72. The lowest BCUT2D eigenvalue weighted by Crippen LogP contribution is -2.24. The quantitative estimate of drug-likeness (QED) is 0.168. The van der Waals surface area contributed by atoms with Gasteiger partial charge in [0.05, 0.1) is 0 Å². The average molecular weight is 540 g/mol. The minimum absolute atomic E-state index is 0.0893.